The maximum absolute atomic E-state index is 12.4. The Balaban J connectivity index is 1.47. The highest BCUT2D eigenvalue weighted by Crippen LogP contribution is 2.27. The highest BCUT2D eigenvalue weighted by Gasteiger charge is 2.16. The highest BCUT2D eigenvalue weighted by atomic mass is 32.2. The molecule has 0 spiro atoms. The number of nitrogens with one attached hydrogen (secondary N) is 2. The number of benzene rings is 2. The Bertz CT molecular complexity index is 1180. The molecule has 0 fully saturated rings. The topological polar surface area (TPSA) is 97.1 Å². The fourth-order valence-electron chi connectivity index (χ4n) is 2.52. The minimum Gasteiger partial charge on any atom is -0.360 e. The molecular formula is C19H16N4O3S2. The maximum atomic E-state index is 12.4. The Morgan fingerprint density at radius 3 is 2.46 bits per heavy atom. The number of hydrogen-bond donors (Lipinski definition) is 2. The third-order valence-corrected chi connectivity index (χ3v) is 5.98. The smallest absolute Gasteiger partial charge is 0.263 e. The average molecular weight is 412 g/mol. The molecule has 0 aliphatic rings. The van der Waals surface area contributed by atoms with Gasteiger partial charge in [0.25, 0.3) is 10.0 Å². The van der Waals surface area contributed by atoms with Gasteiger partial charge in [0, 0.05) is 22.7 Å². The highest BCUT2D eigenvalue weighted by molar-refractivity contribution is 7.92. The first kappa shape index (κ1) is 18.2. The second-order valence-electron chi connectivity index (χ2n) is 5.98. The van der Waals surface area contributed by atoms with Gasteiger partial charge in [0.15, 0.2) is 10.9 Å². The van der Waals surface area contributed by atoms with Crippen molar-refractivity contribution in [3.05, 3.63) is 71.8 Å². The largest absolute Gasteiger partial charge is 0.360 e. The van der Waals surface area contributed by atoms with Crippen LogP contribution in [0.1, 0.15) is 5.76 Å². The van der Waals surface area contributed by atoms with Gasteiger partial charge in [-0.3, -0.25) is 4.72 Å². The number of sulfonamides is 1. The molecule has 0 amide bonds. The fourth-order valence-corrected chi connectivity index (χ4v) is 4.25. The number of nitrogens with zero attached hydrogens (tertiary/aromatic N) is 2. The molecule has 2 aromatic heterocycles. The Kier molecular flexibility index (Phi) is 4.84. The van der Waals surface area contributed by atoms with E-state index in [-0.39, 0.29) is 10.7 Å². The lowest BCUT2D eigenvalue weighted by Crippen LogP contribution is -2.13. The fraction of sp³-hybridized carbons (Fsp3) is 0.0526. The van der Waals surface area contributed by atoms with Gasteiger partial charge in [-0.1, -0.05) is 35.5 Å². The molecule has 28 heavy (non-hydrogen) atoms. The normalized spacial score (nSPS) is 11.3. The van der Waals surface area contributed by atoms with E-state index in [1.165, 1.54) is 29.5 Å². The Morgan fingerprint density at radius 2 is 1.79 bits per heavy atom. The van der Waals surface area contributed by atoms with Gasteiger partial charge in [-0.25, -0.2) is 13.4 Å². The first-order valence-electron chi connectivity index (χ1n) is 8.34. The molecule has 7 nitrogen and oxygen atoms in total. The zero-order valence-electron chi connectivity index (χ0n) is 14.8. The molecule has 0 radical (unpaired) electrons. The predicted molar refractivity (Wildman–Crippen MR) is 109 cm³/mol. The van der Waals surface area contributed by atoms with Crippen LogP contribution in [0.5, 0.6) is 0 Å². The molecular weight excluding hydrogens is 396 g/mol. The molecule has 4 rings (SSSR count). The number of rotatable bonds is 6. The third kappa shape index (κ3) is 4.05. The van der Waals surface area contributed by atoms with E-state index in [0.717, 1.165) is 22.1 Å². The minimum atomic E-state index is -3.73. The molecule has 0 bridgehead atoms. The first-order chi connectivity index (χ1) is 13.5. The lowest BCUT2D eigenvalue weighted by molar-refractivity contribution is 0.400. The molecule has 0 unspecified atom stereocenters. The van der Waals surface area contributed by atoms with E-state index in [0.29, 0.717) is 5.76 Å². The number of hydrogen-bond acceptors (Lipinski definition) is 7. The third-order valence-electron chi connectivity index (χ3n) is 3.86. The zero-order valence-corrected chi connectivity index (χ0v) is 16.4. The first-order valence-corrected chi connectivity index (χ1v) is 10.7. The molecule has 4 aromatic rings. The summed E-state index contributed by atoms with van der Waals surface area (Å²) in [7, 11) is -3.73. The van der Waals surface area contributed by atoms with Crippen LogP contribution in [0.3, 0.4) is 0 Å². The van der Waals surface area contributed by atoms with Crippen LogP contribution in [0.25, 0.3) is 11.3 Å². The second kappa shape index (κ2) is 7.45. The van der Waals surface area contributed by atoms with Gasteiger partial charge >= 0.3 is 0 Å². The summed E-state index contributed by atoms with van der Waals surface area (Å²) in [5, 5.41) is 9.53. The van der Waals surface area contributed by atoms with E-state index in [9.17, 15) is 8.42 Å². The van der Waals surface area contributed by atoms with E-state index < -0.39 is 10.0 Å². The molecule has 0 atom stereocenters. The lowest BCUT2D eigenvalue weighted by Gasteiger charge is -2.07. The van der Waals surface area contributed by atoms with Gasteiger partial charge in [0.05, 0.1) is 10.6 Å². The summed E-state index contributed by atoms with van der Waals surface area (Å²) in [4.78, 5) is 4.69. The standard InChI is InChI=1S/C19H16N4O3S2/c1-13-11-18(22-26-13)23-28(24,25)16-9-7-15(8-10-16)20-19-21-17(12-27-19)14-5-3-2-4-6-14/h2-12H,1H3,(H,20,21)(H,22,23). The van der Waals surface area contributed by atoms with Gasteiger partial charge < -0.3 is 9.84 Å². The minimum absolute atomic E-state index is 0.128. The quantitative estimate of drug-likeness (QED) is 0.478. The zero-order chi connectivity index (χ0) is 19.6. The van der Waals surface area contributed by atoms with Crippen molar-refractivity contribution < 1.29 is 12.9 Å². The van der Waals surface area contributed by atoms with Crippen LogP contribution in [0.2, 0.25) is 0 Å². The van der Waals surface area contributed by atoms with Crippen molar-refractivity contribution >= 4 is 38.0 Å². The number of aromatic nitrogens is 2. The summed E-state index contributed by atoms with van der Waals surface area (Å²) in [5.74, 6) is 0.673. The van der Waals surface area contributed by atoms with Crippen LogP contribution in [0.15, 0.2) is 75.5 Å². The van der Waals surface area contributed by atoms with Crippen LogP contribution in [0.4, 0.5) is 16.6 Å². The molecule has 142 valence electrons. The molecule has 0 saturated heterocycles. The van der Waals surface area contributed by atoms with E-state index in [1.807, 2.05) is 35.7 Å². The van der Waals surface area contributed by atoms with Crippen molar-refractivity contribution in [1.82, 2.24) is 10.1 Å². The van der Waals surface area contributed by atoms with Crippen molar-refractivity contribution in [3.63, 3.8) is 0 Å². The van der Waals surface area contributed by atoms with Crippen molar-refractivity contribution in [2.45, 2.75) is 11.8 Å². The Morgan fingerprint density at radius 1 is 1.04 bits per heavy atom. The molecule has 2 aromatic carbocycles. The van der Waals surface area contributed by atoms with Crippen molar-refractivity contribution in [2.75, 3.05) is 10.0 Å². The van der Waals surface area contributed by atoms with Crippen LogP contribution >= 0.6 is 11.3 Å². The summed E-state index contributed by atoms with van der Waals surface area (Å²) in [5.41, 5.74) is 2.67. The van der Waals surface area contributed by atoms with Crippen LogP contribution in [0, 0.1) is 6.92 Å². The Labute approximate surface area is 166 Å². The average Bonchev–Trinajstić information content (AvgIpc) is 3.31. The summed E-state index contributed by atoms with van der Waals surface area (Å²) < 4.78 is 32.1. The van der Waals surface area contributed by atoms with Crippen molar-refractivity contribution in [3.8, 4) is 11.3 Å². The van der Waals surface area contributed by atoms with Gasteiger partial charge in [-0.05, 0) is 31.2 Å². The van der Waals surface area contributed by atoms with E-state index in [2.05, 4.69) is 20.2 Å². The molecule has 0 aliphatic carbocycles. The van der Waals surface area contributed by atoms with E-state index in [1.54, 1.807) is 19.1 Å². The second-order valence-corrected chi connectivity index (χ2v) is 8.52. The van der Waals surface area contributed by atoms with Crippen LogP contribution < -0.4 is 10.0 Å². The van der Waals surface area contributed by atoms with Gasteiger partial charge in [-0.15, -0.1) is 11.3 Å². The predicted octanol–water partition coefficient (Wildman–Crippen LogP) is 4.65. The summed E-state index contributed by atoms with van der Waals surface area (Å²) in [6, 6.07) is 17.8. The van der Waals surface area contributed by atoms with E-state index in [4.69, 9.17) is 4.52 Å². The monoisotopic (exact) mass is 412 g/mol. The van der Waals surface area contributed by atoms with Crippen molar-refractivity contribution in [1.29, 1.82) is 0 Å². The summed E-state index contributed by atoms with van der Waals surface area (Å²) in [6.07, 6.45) is 0. The van der Waals surface area contributed by atoms with Gasteiger partial charge in [-0.2, -0.15) is 0 Å². The number of anilines is 3. The number of aryl methyl sites for hydroxylation is 1. The summed E-state index contributed by atoms with van der Waals surface area (Å²) >= 11 is 1.48. The summed E-state index contributed by atoms with van der Waals surface area (Å²) in [6.45, 7) is 1.69. The molecule has 2 N–H and O–H groups in total. The number of thiazole rings is 1. The molecule has 0 saturated carbocycles. The van der Waals surface area contributed by atoms with Crippen molar-refractivity contribution in [2.24, 2.45) is 0 Å². The Hall–Kier alpha value is -3.17. The van der Waals surface area contributed by atoms with Crippen LogP contribution in [-0.2, 0) is 10.0 Å². The molecule has 2 heterocycles. The van der Waals surface area contributed by atoms with Gasteiger partial charge in [0.2, 0.25) is 0 Å². The maximum Gasteiger partial charge on any atom is 0.263 e. The molecule has 0 aliphatic heterocycles. The molecule has 9 heteroatoms. The SMILES string of the molecule is Cc1cc(NS(=O)(=O)c2ccc(Nc3nc(-c4ccccc4)cs3)cc2)no1. The van der Waals surface area contributed by atoms with Gasteiger partial charge in [0.1, 0.15) is 5.76 Å². The van der Waals surface area contributed by atoms with E-state index >= 15 is 0 Å². The van der Waals surface area contributed by atoms with Crippen LogP contribution in [-0.4, -0.2) is 18.6 Å². The lowest BCUT2D eigenvalue weighted by atomic mass is 10.2.